The first-order chi connectivity index (χ1) is 9.72. The molecule has 5 heteroatoms. The molecule has 0 saturated carbocycles. The normalized spacial score (nSPS) is 15.6. The van der Waals surface area contributed by atoms with E-state index in [4.69, 9.17) is 9.63 Å². The summed E-state index contributed by atoms with van der Waals surface area (Å²) in [7, 11) is 0. The zero-order chi connectivity index (χ0) is 13.9. The smallest absolute Gasteiger partial charge is 0.358 e. The van der Waals surface area contributed by atoms with E-state index in [0.29, 0.717) is 5.76 Å². The van der Waals surface area contributed by atoms with Crippen molar-refractivity contribution in [3.05, 3.63) is 41.6 Å². The summed E-state index contributed by atoms with van der Waals surface area (Å²) in [5.41, 5.74) is 2.00. The minimum absolute atomic E-state index is 0.0649. The van der Waals surface area contributed by atoms with Crippen LogP contribution in [0, 0.1) is 0 Å². The highest BCUT2D eigenvalue weighted by Crippen LogP contribution is 2.22. The minimum atomic E-state index is -1.08. The summed E-state index contributed by atoms with van der Waals surface area (Å²) in [5.74, 6) is -0.584. The van der Waals surface area contributed by atoms with Gasteiger partial charge < -0.3 is 9.63 Å². The summed E-state index contributed by atoms with van der Waals surface area (Å²) in [4.78, 5) is 13.2. The molecule has 5 nitrogen and oxygen atoms in total. The van der Waals surface area contributed by atoms with Crippen molar-refractivity contribution in [3.8, 4) is 11.3 Å². The zero-order valence-electron chi connectivity index (χ0n) is 11.1. The molecule has 0 amide bonds. The second kappa shape index (κ2) is 5.46. The lowest BCUT2D eigenvalue weighted by Gasteiger charge is -2.14. The molecule has 1 aliphatic heterocycles. The van der Waals surface area contributed by atoms with E-state index < -0.39 is 5.97 Å². The maximum absolute atomic E-state index is 10.8. The highest BCUT2D eigenvalue weighted by Gasteiger charge is 2.14. The van der Waals surface area contributed by atoms with Gasteiger partial charge in [-0.1, -0.05) is 23.4 Å². The number of aromatic carboxylic acids is 1. The number of likely N-dealkylation sites (tertiary alicyclic amines) is 1. The SMILES string of the molecule is O=C(O)c1cc(-c2cccc(CN3CCCC3)c2)on1. The molecule has 2 heterocycles. The third-order valence-corrected chi connectivity index (χ3v) is 3.55. The van der Waals surface area contributed by atoms with Gasteiger partial charge in [0.05, 0.1) is 0 Å². The summed E-state index contributed by atoms with van der Waals surface area (Å²) in [6, 6.07) is 9.43. The molecule has 1 fully saturated rings. The van der Waals surface area contributed by atoms with Gasteiger partial charge in [0.15, 0.2) is 11.5 Å². The quantitative estimate of drug-likeness (QED) is 0.926. The number of carbonyl (C=O) groups is 1. The lowest BCUT2D eigenvalue weighted by atomic mass is 10.1. The number of hydrogen-bond donors (Lipinski definition) is 1. The van der Waals surface area contributed by atoms with Crippen LogP contribution in [0.15, 0.2) is 34.9 Å². The standard InChI is InChI=1S/C15H16N2O3/c18-15(19)13-9-14(20-16-13)12-5-3-4-11(8-12)10-17-6-1-2-7-17/h3-5,8-9H,1-2,6-7,10H2,(H,18,19). The van der Waals surface area contributed by atoms with E-state index in [1.165, 1.54) is 24.5 Å². The lowest BCUT2D eigenvalue weighted by molar-refractivity contribution is 0.0686. The van der Waals surface area contributed by atoms with E-state index in [-0.39, 0.29) is 5.69 Å². The van der Waals surface area contributed by atoms with Gasteiger partial charge in [0.2, 0.25) is 0 Å². The minimum Gasteiger partial charge on any atom is -0.476 e. The maximum Gasteiger partial charge on any atom is 0.358 e. The Morgan fingerprint density at radius 1 is 1.30 bits per heavy atom. The average Bonchev–Trinajstić information content (AvgIpc) is 3.09. The molecular formula is C15H16N2O3. The van der Waals surface area contributed by atoms with E-state index in [1.54, 1.807) is 0 Å². The van der Waals surface area contributed by atoms with Gasteiger partial charge in [0, 0.05) is 18.2 Å². The van der Waals surface area contributed by atoms with Gasteiger partial charge in [0.25, 0.3) is 0 Å². The van der Waals surface area contributed by atoms with Crippen LogP contribution in [-0.4, -0.2) is 34.2 Å². The van der Waals surface area contributed by atoms with Gasteiger partial charge in [-0.05, 0) is 37.6 Å². The molecule has 20 heavy (non-hydrogen) atoms. The molecule has 1 saturated heterocycles. The Morgan fingerprint density at radius 3 is 2.80 bits per heavy atom. The van der Waals surface area contributed by atoms with Gasteiger partial charge in [0.1, 0.15) is 0 Å². The molecule has 0 radical (unpaired) electrons. The molecular weight excluding hydrogens is 256 g/mol. The molecule has 1 aromatic heterocycles. The lowest BCUT2D eigenvalue weighted by Crippen LogP contribution is -2.18. The van der Waals surface area contributed by atoms with E-state index in [2.05, 4.69) is 16.1 Å². The molecule has 0 bridgehead atoms. The first-order valence-electron chi connectivity index (χ1n) is 6.74. The molecule has 1 aromatic carbocycles. The molecule has 0 atom stereocenters. The number of rotatable bonds is 4. The summed E-state index contributed by atoms with van der Waals surface area (Å²) < 4.78 is 5.09. The number of carboxylic acid groups (broad SMARTS) is 1. The molecule has 1 N–H and O–H groups in total. The van der Waals surface area contributed by atoms with E-state index in [1.807, 2.05) is 18.2 Å². The Bertz CT molecular complexity index is 615. The van der Waals surface area contributed by atoms with Crippen molar-refractivity contribution in [3.63, 3.8) is 0 Å². The molecule has 104 valence electrons. The van der Waals surface area contributed by atoms with Crippen LogP contribution in [0.1, 0.15) is 28.9 Å². The van der Waals surface area contributed by atoms with Crippen LogP contribution in [0.3, 0.4) is 0 Å². The summed E-state index contributed by atoms with van der Waals surface area (Å²) >= 11 is 0. The third-order valence-electron chi connectivity index (χ3n) is 3.55. The third kappa shape index (κ3) is 2.72. The fourth-order valence-electron chi connectivity index (χ4n) is 2.53. The van der Waals surface area contributed by atoms with Gasteiger partial charge in [-0.25, -0.2) is 4.79 Å². The van der Waals surface area contributed by atoms with Crippen LogP contribution in [0.5, 0.6) is 0 Å². The number of carboxylic acids is 1. The van der Waals surface area contributed by atoms with Crippen LogP contribution < -0.4 is 0 Å². The van der Waals surface area contributed by atoms with Crippen molar-refractivity contribution in [1.29, 1.82) is 0 Å². The van der Waals surface area contributed by atoms with E-state index in [9.17, 15) is 4.79 Å². The topological polar surface area (TPSA) is 66.6 Å². The van der Waals surface area contributed by atoms with E-state index >= 15 is 0 Å². The van der Waals surface area contributed by atoms with Crippen LogP contribution in [-0.2, 0) is 6.54 Å². The Hall–Kier alpha value is -2.14. The summed E-state index contributed by atoms with van der Waals surface area (Å²) in [5, 5.41) is 12.4. The summed E-state index contributed by atoms with van der Waals surface area (Å²) in [6.45, 7) is 3.22. The second-order valence-corrected chi connectivity index (χ2v) is 5.07. The second-order valence-electron chi connectivity index (χ2n) is 5.07. The Labute approximate surface area is 116 Å². The maximum atomic E-state index is 10.8. The van der Waals surface area contributed by atoms with Crippen molar-refractivity contribution in [2.24, 2.45) is 0 Å². The first-order valence-corrected chi connectivity index (χ1v) is 6.74. The Balaban J connectivity index is 1.80. The van der Waals surface area contributed by atoms with Crippen LogP contribution in [0.25, 0.3) is 11.3 Å². The molecule has 0 unspecified atom stereocenters. The van der Waals surface area contributed by atoms with Crippen molar-refractivity contribution >= 4 is 5.97 Å². The van der Waals surface area contributed by atoms with Crippen molar-refractivity contribution in [2.75, 3.05) is 13.1 Å². The molecule has 2 aromatic rings. The fourth-order valence-corrected chi connectivity index (χ4v) is 2.53. The predicted molar refractivity (Wildman–Crippen MR) is 73.4 cm³/mol. The highest BCUT2D eigenvalue weighted by molar-refractivity contribution is 5.86. The number of benzene rings is 1. The molecule has 1 aliphatic rings. The highest BCUT2D eigenvalue weighted by atomic mass is 16.5. The average molecular weight is 272 g/mol. The van der Waals surface area contributed by atoms with Gasteiger partial charge >= 0.3 is 5.97 Å². The number of nitrogens with zero attached hydrogens (tertiary/aromatic N) is 2. The predicted octanol–water partition coefficient (Wildman–Crippen LogP) is 2.64. The zero-order valence-corrected chi connectivity index (χ0v) is 11.1. The number of aromatic nitrogens is 1. The van der Waals surface area contributed by atoms with Crippen molar-refractivity contribution < 1.29 is 14.4 Å². The monoisotopic (exact) mass is 272 g/mol. The van der Waals surface area contributed by atoms with Gasteiger partial charge in [-0.3, -0.25) is 4.90 Å². The van der Waals surface area contributed by atoms with Crippen molar-refractivity contribution in [1.82, 2.24) is 10.1 Å². The van der Waals surface area contributed by atoms with Crippen LogP contribution >= 0.6 is 0 Å². The molecule has 0 aliphatic carbocycles. The molecule has 0 spiro atoms. The van der Waals surface area contributed by atoms with Gasteiger partial charge in [-0.15, -0.1) is 0 Å². The van der Waals surface area contributed by atoms with Crippen LogP contribution in [0.4, 0.5) is 0 Å². The van der Waals surface area contributed by atoms with Crippen LogP contribution in [0.2, 0.25) is 0 Å². The first kappa shape index (κ1) is 12.9. The van der Waals surface area contributed by atoms with Crippen molar-refractivity contribution in [2.45, 2.75) is 19.4 Å². The molecule has 3 rings (SSSR count). The fraction of sp³-hybridized carbons (Fsp3) is 0.333. The Morgan fingerprint density at radius 2 is 2.10 bits per heavy atom. The Kier molecular flexibility index (Phi) is 3.52. The largest absolute Gasteiger partial charge is 0.476 e. The van der Waals surface area contributed by atoms with E-state index in [0.717, 1.165) is 25.2 Å². The number of hydrogen-bond acceptors (Lipinski definition) is 4. The van der Waals surface area contributed by atoms with Gasteiger partial charge in [-0.2, -0.15) is 0 Å². The summed E-state index contributed by atoms with van der Waals surface area (Å²) in [6.07, 6.45) is 2.54.